The van der Waals surface area contributed by atoms with Crippen LogP contribution in [0, 0.1) is 19.8 Å². The third kappa shape index (κ3) is 3.76. The molecule has 1 saturated carbocycles. The summed E-state index contributed by atoms with van der Waals surface area (Å²) in [5, 5.41) is 8.42. The summed E-state index contributed by atoms with van der Waals surface area (Å²) in [7, 11) is 0. The fourth-order valence-electron chi connectivity index (χ4n) is 3.61. The van der Waals surface area contributed by atoms with Gasteiger partial charge in [0.05, 0.1) is 23.6 Å². The van der Waals surface area contributed by atoms with E-state index < -0.39 is 0 Å². The maximum Gasteiger partial charge on any atom is 0.228 e. The van der Waals surface area contributed by atoms with Gasteiger partial charge in [-0.1, -0.05) is 54.1 Å². The van der Waals surface area contributed by atoms with Gasteiger partial charge in [-0.15, -0.1) is 0 Å². The summed E-state index contributed by atoms with van der Waals surface area (Å²) in [6, 6.07) is 18.0. The molecule has 27 heavy (non-hydrogen) atoms. The predicted molar refractivity (Wildman–Crippen MR) is 108 cm³/mol. The molecular formula is C22H22ClN3O. The fraction of sp³-hybridized carbons (Fsp3) is 0.273. The first-order valence-corrected chi connectivity index (χ1v) is 9.55. The van der Waals surface area contributed by atoms with Crippen LogP contribution >= 0.6 is 11.6 Å². The van der Waals surface area contributed by atoms with Crippen molar-refractivity contribution in [3.05, 3.63) is 82.1 Å². The molecule has 4 rings (SSSR count). The third-order valence-corrected chi connectivity index (χ3v) is 5.44. The molecule has 2 atom stereocenters. The summed E-state index contributed by atoms with van der Waals surface area (Å²) < 4.78 is 1.91. The molecule has 1 aromatic heterocycles. The van der Waals surface area contributed by atoms with Crippen LogP contribution < -0.4 is 5.32 Å². The van der Waals surface area contributed by atoms with Crippen LogP contribution in [0.4, 0.5) is 5.69 Å². The highest BCUT2D eigenvalue weighted by Gasteiger charge is 2.44. The minimum Gasteiger partial charge on any atom is -0.323 e. The monoisotopic (exact) mass is 379 g/mol. The van der Waals surface area contributed by atoms with E-state index in [4.69, 9.17) is 11.6 Å². The van der Waals surface area contributed by atoms with Crippen molar-refractivity contribution in [1.82, 2.24) is 9.78 Å². The predicted octanol–water partition coefficient (Wildman–Crippen LogP) is 4.94. The van der Waals surface area contributed by atoms with E-state index in [2.05, 4.69) is 22.5 Å². The Bertz CT molecular complexity index is 980. The quantitative estimate of drug-likeness (QED) is 0.682. The zero-order valence-corrected chi connectivity index (χ0v) is 16.2. The first kappa shape index (κ1) is 17.8. The standard InChI is InChI=1S/C22H22ClN3O/c1-14-21(15(2)26(25-14)13-16-7-6-10-18(23)11-16)24-22(27)20-12-19(20)17-8-4-3-5-9-17/h3-11,19-20H,12-13H2,1-2H3,(H,24,27)/t19-,20+/m0/s1. The number of carbonyl (C=O) groups is 1. The molecule has 1 heterocycles. The molecule has 0 bridgehead atoms. The maximum absolute atomic E-state index is 12.7. The van der Waals surface area contributed by atoms with E-state index >= 15 is 0 Å². The first-order valence-electron chi connectivity index (χ1n) is 9.17. The number of carbonyl (C=O) groups excluding carboxylic acids is 1. The summed E-state index contributed by atoms with van der Waals surface area (Å²) in [4.78, 5) is 12.7. The molecule has 1 aliphatic rings. The van der Waals surface area contributed by atoms with Gasteiger partial charge >= 0.3 is 0 Å². The number of benzene rings is 2. The van der Waals surface area contributed by atoms with Crippen LogP contribution in [0.15, 0.2) is 54.6 Å². The van der Waals surface area contributed by atoms with Gasteiger partial charge in [0.2, 0.25) is 5.91 Å². The Hall–Kier alpha value is -2.59. The Kier molecular flexibility index (Phi) is 4.75. The molecule has 0 unspecified atom stereocenters. The molecule has 3 aromatic rings. The molecule has 1 amide bonds. The van der Waals surface area contributed by atoms with Crippen molar-refractivity contribution in [2.45, 2.75) is 32.7 Å². The molecule has 1 N–H and O–H groups in total. The van der Waals surface area contributed by atoms with Crippen molar-refractivity contribution in [2.75, 3.05) is 5.32 Å². The highest BCUT2D eigenvalue weighted by atomic mass is 35.5. The van der Waals surface area contributed by atoms with Crippen LogP contribution in [0.1, 0.15) is 34.9 Å². The fourth-order valence-corrected chi connectivity index (χ4v) is 3.82. The summed E-state index contributed by atoms with van der Waals surface area (Å²) in [6.45, 7) is 4.54. The van der Waals surface area contributed by atoms with Crippen molar-refractivity contribution in [2.24, 2.45) is 5.92 Å². The van der Waals surface area contributed by atoms with Crippen molar-refractivity contribution in [3.8, 4) is 0 Å². The average Bonchev–Trinajstić information content (AvgIpc) is 3.42. The van der Waals surface area contributed by atoms with Gasteiger partial charge < -0.3 is 5.32 Å². The summed E-state index contributed by atoms with van der Waals surface area (Å²) in [6.07, 6.45) is 0.907. The summed E-state index contributed by atoms with van der Waals surface area (Å²) in [5.41, 5.74) is 4.93. The molecule has 2 aromatic carbocycles. The normalized spacial score (nSPS) is 18.3. The van der Waals surface area contributed by atoms with E-state index in [1.165, 1.54) is 5.56 Å². The Balaban J connectivity index is 1.47. The van der Waals surface area contributed by atoms with Gasteiger partial charge in [0.1, 0.15) is 0 Å². The van der Waals surface area contributed by atoms with E-state index in [0.717, 1.165) is 29.1 Å². The van der Waals surface area contributed by atoms with Crippen molar-refractivity contribution in [1.29, 1.82) is 0 Å². The molecular weight excluding hydrogens is 358 g/mol. The van der Waals surface area contributed by atoms with Crippen LogP contribution in [0.3, 0.4) is 0 Å². The Morgan fingerprint density at radius 3 is 2.70 bits per heavy atom. The Morgan fingerprint density at radius 1 is 1.19 bits per heavy atom. The van der Waals surface area contributed by atoms with E-state index in [-0.39, 0.29) is 11.8 Å². The van der Waals surface area contributed by atoms with Crippen LogP contribution in [0.25, 0.3) is 0 Å². The molecule has 1 fully saturated rings. The molecule has 0 radical (unpaired) electrons. The van der Waals surface area contributed by atoms with Crippen LogP contribution in [-0.4, -0.2) is 15.7 Å². The van der Waals surface area contributed by atoms with Gasteiger partial charge in [-0.3, -0.25) is 9.48 Å². The second-order valence-corrected chi connectivity index (χ2v) is 7.62. The summed E-state index contributed by atoms with van der Waals surface area (Å²) in [5.74, 6) is 0.452. The van der Waals surface area contributed by atoms with E-state index in [9.17, 15) is 4.79 Å². The molecule has 1 aliphatic carbocycles. The van der Waals surface area contributed by atoms with Crippen molar-refractivity contribution in [3.63, 3.8) is 0 Å². The summed E-state index contributed by atoms with van der Waals surface area (Å²) >= 11 is 6.08. The lowest BCUT2D eigenvalue weighted by atomic mass is 10.1. The topological polar surface area (TPSA) is 46.9 Å². The number of rotatable bonds is 5. The number of hydrogen-bond acceptors (Lipinski definition) is 2. The Labute approximate surface area is 164 Å². The molecule has 0 aliphatic heterocycles. The molecule has 5 heteroatoms. The lowest BCUT2D eigenvalue weighted by Gasteiger charge is -2.08. The number of aryl methyl sites for hydroxylation is 1. The number of nitrogens with one attached hydrogen (secondary N) is 1. The van der Waals surface area contributed by atoms with E-state index in [0.29, 0.717) is 17.5 Å². The van der Waals surface area contributed by atoms with E-state index in [1.54, 1.807) is 0 Å². The minimum atomic E-state index is 0.0440. The van der Waals surface area contributed by atoms with Crippen LogP contribution in [0.5, 0.6) is 0 Å². The third-order valence-electron chi connectivity index (χ3n) is 5.21. The van der Waals surface area contributed by atoms with Gasteiger partial charge in [-0.05, 0) is 49.4 Å². The molecule has 0 saturated heterocycles. The number of aromatic nitrogens is 2. The number of halogens is 1. The number of nitrogens with zero attached hydrogens (tertiary/aromatic N) is 2. The molecule has 4 nitrogen and oxygen atoms in total. The van der Waals surface area contributed by atoms with Crippen molar-refractivity contribution >= 4 is 23.2 Å². The largest absolute Gasteiger partial charge is 0.323 e. The number of amides is 1. The average molecular weight is 380 g/mol. The second-order valence-electron chi connectivity index (χ2n) is 7.18. The zero-order chi connectivity index (χ0) is 19.0. The number of hydrogen-bond donors (Lipinski definition) is 1. The Morgan fingerprint density at radius 2 is 1.96 bits per heavy atom. The van der Waals surface area contributed by atoms with Crippen LogP contribution in [-0.2, 0) is 11.3 Å². The minimum absolute atomic E-state index is 0.0440. The lowest BCUT2D eigenvalue weighted by molar-refractivity contribution is -0.117. The van der Waals surface area contributed by atoms with Gasteiger partial charge in [-0.25, -0.2) is 0 Å². The van der Waals surface area contributed by atoms with Gasteiger partial charge in [0, 0.05) is 10.9 Å². The SMILES string of the molecule is Cc1nn(Cc2cccc(Cl)c2)c(C)c1NC(=O)[C@@H]1C[C@H]1c1ccccc1. The maximum atomic E-state index is 12.7. The molecule has 0 spiro atoms. The van der Waals surface area contributed by atoms with Crippen LogP contribution in [0.2, 0.25) is 5.02 Å². The smallest absolute Gasteiger partial charge is 0.228 e. The number of anilines is 1. The van der Waals surface area contributed by atoms with Crippen molar-refractivity contribution < 1.29 is 4.79 Å². The first-order chi connectivity index (χ1) is 13.0. The van der Waals surface area contributed by atoms with Gasteiger partial charge in [-0.2, -0.15) is 5.10 Å². The van der Waals surface area contributed by atoms with Gasteiger partial charge in [0.25, 0.3) is 0 Å². The highest BCUT2D eigenvalue weighted by Crippen LogP contribution is 2.48. The van der Waals surface area contributed by atoms with E-state index in [1.807, 2.05) is 61.0 Å². The van der Waals surface area contributed by atoms with Gasteiger partial charge in [0.15, 0.2) is 0 Å². The highest BCUT2D eigenvalue weighted by molar-refractivity contribution is 6.30. The lowest BCUT2D eigenvalue weighted by Crippen LogP contribution is -2.16. The zero-order valence-electron chi connectivity index (χ0n) is 15.4. The second kappa shape index (κ2) is 7.20. The molecule has 138 valence electrons.